The molecule has 1 fully saturated rings. The topological polar surface area (TPSA) is 84.9 Å². The highest BCUT2D eigenvalue weighted by molar-refractivity contribution is 9.10. The van der Waals surface area contributed by atoms with Crippen LogP contribution >= 0.6 is 15.9 Å². The van der Waals surface area contributed by atoms with Gasteiger partial charge in [0.15, 0.2) is 0 Å². The number of methoxy groups -OCH3 is 1. The zero-order valence-corrected chi connectivity index (χ0v) is 19.6. The molecule has 0 aromatic heterocycles. The van der Waals surface area contributed by atoms with Crippen molar-refractivity contribution in [3.05, 3.63) is 58.1 Å². The summed E-state index contributed by atoms with van der Waals surface area (Å²) in [5.41, 5.74) is -1.01. The van der Waals surface area contributed by atoms with E-state index >= 15 is 0 Å². The summed E-state index contributed by atoms with van der Waals surface area (Å²) in [6.45, 7) is 0. The van der Waals surface area contributed by atoms with E-state index in [9.17, 15) is 14.4 Å². The van der Waals surface area contributed by atoms with Crippen molar-refractivity contribution in [3.63, 3.8) is 0 Å². The van der Waals surface area contributed by atoms with Crippen LogP contribution in [0.3, 0.4) is 0 Å². The summed E-state index contributed by atoms with van der Waals surface area (Å²) < 4.78 is 11.6. The molecule has 1 atom stereocenters. The van der Waals surface area contributed by atoms with Gasteiger partial charge in [-0.1, -0.05) is 35.2 Å². The quantitative estimate of drug-likeness (QED) is 0.496. The minimum Gasteiger partial charge on any atom is -0.497 e. The summed E-state index contributed by atoms with van der Waals surface area (Å²) in [5, 5.41) is 2.99. The van der Waals surface area contributed by atoms with Gasteiger partial charge in [-0.05, 0) is 55.3 Å². The zero-order chi connectivity index (χ0) is 22.9. The highest BCUT2D eigenvalue weighted by Crippen LogP contribution is 2.44. The number of nitrogens with zero attached hydrogens (tertiary/aromatic N) is 1. The van der Waals surface area contributed by atoms with Gasteiger partial charge in [0.25, 0.3) is 17.4 Å². The van der Waals surface area contributed by atoms with Gasteiger partial charge in [0.2, 0.25) is 0 Å². The van der Waals surface area contributed by atoms with Crippen LogP contribution in [0, 0.1) is 0 Å². The molecule has 1 unspecified atom stereocenters. The van der Waals surface area contributed by atoms with Gasteiger partial charge >= 0.3 is 5.97 Å². The summed E-state index contributed by atoms with van der Waals surface area (Å²) in [7, 11) is 3.10. The van der Waals surface area contributed by atoms with E-state index in [1.165, 1.54) is 12.0 Å². The van der Waals surface area contributed by atoms with E-state index in [0.29, 0.717) is 21.5 Å². The van der Waals surface area contributed by atoms with Gasteiger partial charge in [0.05, 0.1) is 18.4 Å². The van der Waals surface area contributed by atoms with Gasteiger partial charge in [-0.3, -0.25) is 9.59 Å². The molecule has 1 saturated carbocycles. The molecule has 7 nitrogen and oxygen atoms in total. The van der Waals surface area contributed by atoms with E-state index in [2.05, 4.69) is 21.2 Å². The molecule has 168 valence electrons. The largest absolute Gasteiger partial charge is 0.497 e. The first-order chi connectivity index (χ1) is 15.4. The molecular formula is C24H25BrN2O5. The van der Waals surface area contributed by atoms with E-state index in [0.717, 1.165) is 32.1 Å². The lowest BCUT2D eigenvalue weighted by molar-refractivity contribution is -0.153. The van der Waals surface area contributed by atoms with Gasteiger partial charge < -0.3 is 19.7 Å². The number of fused-ring (bicyclic) bond motifs is 1. The molecule has 0 saturated heterocycles. The number of amides is 2. The molecule has 32 heavy (non-hydrogen) atoms. The maximum absolute atomic E-state index is 13.7. The third-order valence-corrected chi connectivity index (χ3v) is 6.63. The summed E-state index contributed by atoms with van der Waals surface area (Å²) in [6, 6.07) is 11.5. The number of carbonyl (C=O) groups excluding carboxylic acids is 3. The van der Waals surface area contributed by atoms with E-state index in [1.54, 1.807) is 49.5 Å². The Morgan fingerprint density at radius 2 is 1.78 bits per heavy atom. The Hall–Kier alpha value is -2.87. The minimum absolute atomic E-state index is 0.0536. The maximum atomic E-state index is 13.7. The van der Waals surface area contributed by atoms with Gasteiger partial charge in [0, 0.05) is 23.1 Å². The number of likely N-dealkylation sites (N-methyl/N-ethyl adjacent to an activating group) is 1. The molecule has 1 aliphatic heterocycles. The van der Waals surface area contributed by atoms with Crippen molar-refractivity contribution in [2.24, 2.45) is 0 Å². The number of esters is 1. The smallest absolute Gasteiger partial charge is 0.340 e. The number of anilines is 1. The number of rotatable bonds is 5. The number of hydrogen-bond donors (Lipinski definition) is 1. The molecule has 2 aromatic rings. The molecule has 0 radical (unpaired) electrons. The third-order valence-electron chi connectivity index (χ3n) is 6.14. The second-order valence-electron chi connectivity index (χ2n) is 8.13. The number of nitrogens with one attached hydrogen (secondary N) is 1. The fraction of sp³-hybridized carbons (Fsp3) is 0.375. The number of ether oxygens (including phenoxy) is 2. The molecule has 2 amide bonds. The van der Waals surface area contributed by atoms with Gasteiger partial charge in [-0.25, -0.2) is 4.79 Å². The summed E-state index contributed by atoms with van der Waals surface area (Å²) >= 11 is 3.42. The van der Waals surface area contributed by atoms with Gasteiger partial charge in [-0.15, -0.1) is 0 Å². The average molecular weight is 501 g/mol. The standard InChI is InChI=1S/C24H25BrN2O5/c1-27-20-13-10-16(25)14-19(20)24(23(27)30,22(29)26-17-6-4-3-5-7-17)32-21(28)15-8-11-18(31-2)12-9-15/h8-14,17H,3-7H2,1-2H3,(H,26,29). The molecule has 1 heterocycles. The predicted octanol–water partition coefficient (Wildman–Crippen LogP) is 3.94. The normalized spacial score (nSPS) is 20.6. The van der Waals surface area contributed by atoms with Crippen molar-refractivity contribution in [2.75, 3.05) is 19.1 Å². The Morgan fingerprint density at radius 1 is 1.09 bits per heavy atom. The highest BCUT2D eigenvalue weighted by Gasteiger charge is 2.59. The van der Waals surface area contributed by atoms with Crippen molar-refractivity contribution in [1.82, 2.24) is 5.32 Å². The van der Waals surface area contributed by atoms with Crippen LogP contribution in [0.5, 0.6) is 5.75 Å². The molecule has 8 heteroatoms. The molecule has 2 aliphatic rings. The Balaban J connectivity index is 1.74. The Bertz CT molecular complexity index is 1050. The summed E-state index contributed by atoms with van der Waals surface area (Å²) in [6.07, 6.45) is 4.83. The Morgan fingerprint density at radius 3 is 2.44 bits per heavy atom. The van der Waals surface area contributed by atoms with Crippen LogP contribution in [0.15, 0.2) is 46.9 Å². The molecule has 1 N–H and O–H groups in total. The van der Waals surface area contributed by atoms with Crippen LogP contribution in [0.1, 0.15) is 48.0 Å². The Labute approximate surface area is 195 Å². The van der Waals surface area contributed by atoms with Gasteiger partial charge in [0.1, 0.15) is 5.75 Å². The van der Waals surface area contributed by atoms with E-state index < -0.39 is 23.4 Å². The molecule has 4 rings (SSSR count). The molecule has 0 bridgehead atoms. The SMILES string of the molecule is COc1ccc(C(=O)OC2(C(=O)NC3CCCCC3)C(=O)N(C)c3ccc(Br)cc32)cc1. The van der Waals surface area contributed by atoms with Crippen LogP contribution in [0.4, 0.5) is 5.69 Å². The molecule has 2 aromatic carbocycles. The first-order valence-electron chi connectivity index (χ1n) is 10.6. The van der Waals surface area contributed by atoms with Crippen molar-refractivity contribution >= 4 is 39.4 Å². The lowest BCUT2D eigenvalue weighted by Crippen LogP contribution is -2.56. The fourth-order valence-corrected chi connectivity index (χ4v) is 4.73. The second-order valence-corrected chi connectivity index (χ2v) is 9.05. The van der Waals surface area contributed by atoms with E-state index in [4.69, 9.17) is 9.47 Å². The van der Waals surface area contributed by atoms with Crippen molar-refractivity contribution < 1.29 is 23.9 Å². The number of halogens is 1. The van der Waals surface area contributed by atoms with Crippen molar-refractivity contribution in [3.8, 4) is 5.75 Å². The fourth-order valence-electron chi connectivity index (χ4n) is 4.37. The number of hydrogen-bond acceptors (Lipinski definition) is 5. The van der Waals surface area contributed by atoms with Crippen LogP contribution in [-0.4, -0.2) is 38.0 Å². The zero-order valence-electron chi connectivity index (χ0n) is 18.0. The van der Waals surface area contributed by atoms with Gasteiger partial charge in [-0.2, -0.15) is 0 Å². The third kappa shape index (κ3) is 3.88. The number of benzene rings is 2. The lowest BCUT2D eigenvalue weighted by Gasteiger charge is -2.31. The minimum atomic E-state index is -2.09. The molecule has 1 aliphatic carbocycles. The second kappa shape index (κ2) is 8.94. The van der Waals surface area contributed by atoms with E-state index in [1.807, 2.05) is 0 Å². The average Bonchev–Trinajstić information content (AvgIpc) is 3.01. The van der Waals surface area contributed by atoms with Crippen LogP contribution in [0.25, 0.3) is 0 Å². The van der Waals surface area contributed by atoms with Crippen LogP contribution in [-0.2, 0) is 19.9 Å². The molecular weight excluding hydrogens is 476 g/mol. The van der Waals surface area contributed by atoms with Crippen molar-refractivity contribution in [2.45, 2.75) is 43.7 Å². The van der Waals surface area contributed by atoms with Crippen LogP contribution < -0.4 is 15.0 Å². The van der Waals surface area contributed by atoms with Crippen molar-refractivity contribution in [1.29, 1.82) is 0 Å². The highest BCUT2D eigenvalue weighted by atomic mass is 79.9. The maximum Gasteiger partial charge on any atom is 0.340 e. The number of carbonyl (C=O) groups is 3. The molecule has 0 spiro atoms. The first kappa shape index (κ1) is 22.3. The van der Waals surface area contributed by atoms with Crippen LogP contribution in [0.2, 0.25) is 0 Å². The Kier molecular flexibility index (Phi) is 6.24. The lowest BCUT2D eigenvalue weighted by atomic mass is 9.91. The van der Waals surface area contributed by atoms with E-state index in [-0.39, 0.29) is 11.6 Å². The summed E-state index contributed by atoms with van der Waals surface area (Å²) in [5.74, 6) is -1.39. The first-order valence-corrected chi connectivity index (χ1v) is 11.4. The predicted molar refractivity (Wildman–Crippen MR) is 123 cm³/mol. The monoisotopic (exact) mass is 500 g/mol. The summed E-state index contributed by atoms with van der Waals surface area (Å²) in [4.78, 5) is 41.6.